The van der Waals surface area contributed by atoms with Crippen molar-refractivity contribution in [2.45, 2.75) is 32.2 Å². The van der Waals surface area contributed by atoms with Gasteiger partial charge in [0.1, 0.15) is 11.3 Å². The van der Waals surface area contributed by atoms with E-state index in [4.69, 9.17) is 10.8 Å². The molecule has 1 unspecified atom stereocenters. The van der Waals surface area contributed by atoms with Gasteiger partial charge in [0.15, 0.2) is 0 Å². The first kappa shape index (κ1) is 13.9. The minimum absolute atomic E-state index is 0. The summed E-state index contributed by atoms with van der Waals surface area (Å²) in [6.45, 7) is 2.98. The Kier molecular flexibility index (Phi) is 5.94. The highest BCUT2D eigenvalue weighted by molar-refractivity contribution is 5.87. The van der Waals surface area contributed by atoms with Gasteiger partial charge in [0.05, 0.1) is 0 Å². The van der Waals surface area contributed by atoms with Crippen molar-refractivity contribution < 1.29 is 14.7 Å². The van der Waals surface area contributed by atoms with Crippen LogP contribution < -0.4 is 5.73 Å². The molecule has 0 saturated heterocycles. The summed E-state index contributed by atoms with van der Waals surface area (Å²) < 4.78 is 0. The van der Waals surface area contributed by atoms with E-state index >= 15 is 0 Å². The van der Waals surface area contributed by atoms with Crippen molar-refractivity contribution in [2.75, 3.05) is 0 Å². The average Bonchev–Trinajstić information content (AvgIpc) is 1.86. The molecule has 0 aliphatic heterocycles. The Balaban J connectivity index is 0. The van der Waals surface area contributed by atoms with Gasteiger partial charge in [-0.05, 0) is 13.3 Å². The number of hydrogen-bond donors (Lipinski definition) is 2. The monoisotopic (exact) mass is 195 g/mol. The van der Waals surface area contributed by atoms with Crippen LogP contribution in [0.1, 0.15) is 26.7 Å². The molecule has 72 valence electrons. The maximum Gasteiger partial charge on any atom is 0.324 e. The van der Waals surface area contributed by atoms with Crippen molar-refractivity contribution in [3.8, 4) is 0 Å². The predicted molar refractivity (Wildman–Crippen MR) is 47.4 cm³/mol. The Morgan fingerprint density at radius 3 is 2.00 bits per heavy atom. The maximum atomic E-state index is 10.6. The zero-order chi connectivity index (χ0) is 9.07. The molecule has 0 radical (unpaired) electrons. The lowest BCUT2D eigenvalue weighted by molar-refractivity contribution is -0.145. The third-order valence-corrected chi connectivity index (χ3v) is 1.62. The van der Waals surface area contributed by atoms with Crippen molar-refractivity contribution >= 4 is 24.2 Å². The Morgan fingerprint density at radius 2 is 1.92 bits per heavy atom. The van der Waals surface area contributed by atoms with E-state index in [0.717, 1.165) is 0 Å². The Morgan fingerprint density at radius 1 is 1.50 bits per heavy atom. The summed E-state index contributed by atoms with van der Waals surface area (Å²) in [5.74, 6) is -1.31. The number of aliphatic carboxylic acids is 1. The first-order valence-electron chi connectivity index (χ1n) is 3.44. The van der Waals surface area contributed by atoms with Crippen molar-refractivity contribution in [3.63, 3.8) is 0 Å². The highest BCUT2D eigenvalue weighted by Crippen LogP contribution is 2.11. The lowest BCUT2D eigenvalue weighted by atomic mass is 9.92. The van der Waals surface area contributed by atoms with Crippen LogP contribution in [0.2, 0.25) is 0 Å². The smallest absolute Gasteiger partial charge is 0.324 e. The molecule has 0 aliphatic rings. The summed E-state index contributed by atoms with van der Waals surface area (Å²) in [6.07, 6.45) is 0.167. The zero-order valence-corrected chi connectivity index (χ0v) is 7.98. The van der Waals surface area contributed by atoms with E-state index in [1.165, 1.54) is 6.92 Å². The molecule has 3 N–H and O–H groups in total. The van der Waals surface area contributed by atoms with E-state index in [-0.39, 0.29) is 31.0 Å². The number of ketones is 1. The first-order valence-corrected chi connectivity index (χ1v) is 3.44. The summed E-state index contributed by atoms with van der Waals surface area (Å²) in [5, 5.41) is 8.60. The van der Waals surface area contributed by atoms with Crippen LogP contribution in [-0.2, 0) is 9.59 Å². The molecular formula is C7H14ClNO3. The van der Waals surface area contributed by atoms with E-state index < -0.39 is 11.5 Å². The minimum Gasteiger partial charge on any atom is -0.480 e. The first-order chi connectivity index (χ1) is 4.92. The van der Waals surface area contributed by atoms with Gasteiger partial charge >= 0.3 is 5.97 Å². The van der Waals surface area contributed by atoms with E-state index in [0.29, 0.717) is 0 Å². The van der Waals surface area contributed by atoms with Crippen LogP contribution in [0.3, 0.4) is 0 Å². The second-order valence-corrected chi connectivity index (χ2v) is 2.69. The van der Waals surface area contributed by atoms with Crippen LogP contribution in [0, 0.1) is 0 Å². The highest BCUT2D eigenvalue weighted by Gasteiger charge is 2.32. The molecule has 0 fully saturated rings. The molecule has 0 spiro atoms. The van der Waals surface area contributed by atoms with Gasteiger partial charge in [0.25, 0.3) is 0 Å². The lowest BCUT2D eigenvalue weighted by Crippen LogP contribution is -2.48. The van der Waals surface area contributed by atoms with E-state index in [1.807, 2.05) is 0 Å². The predicted octanol–water partition coefficient (Wildman–Crippen LogP) is 0.579. The molecule has 1 atom stereocenters. The van der Waals surface area contributed by atoms with Gasteiger partial charge < -0.3 is 10.8 Å². The average molecular weight is 196 g/mol. The van der Waals surface area contributed by atoms with Crippen LogP contribution in [0.4, 0.5) is 0 Å². The molecule has 0 aliphatic carbocycles. The molecule has 0 amide bonds. The van der Waals surface area contributed by atoms with Gasteiger partial charge in [-0.1, -0.05) is 6.92 Å². The van der Waals surface area contributed by atoms with Crippen LogP contribution in [-0.4, -0.2) is 22.4 Å². The van der Waals surface area contributed by atoms with Crippen molar-refractivity contribution in [1.29, 1.82) is 0 Å². The Bertz CT molecular complexity index is 183. The van der Waals surface area contributed by atoms with Crippen molar-refractivity contribution in [3.05, 3.63) is 0 Å². The number of nitrogens with two attached hydrogens (primary N) is 1. The standard InChI is InChI=1S/C7H13NO3.ClH/c1-3-7(8,6(10)11)4-5(2)9;/h3-4,8H2,1-2H3,(H,10,11);1H. The highest BCUT2D eigenvalue weighted by atomic mass is 35.5. The van der Waals surface area contributed by atoms with Gasteiger partial charge in [-0.3, -0.25) is 9.59 Å². The van der Waals surface area contributed by atoms with Crippen molar-refractivity contribution in [1.82, 2.24) is 0 Å². The fourth-order valence-electron chi connectivity index (χ4n) is 0.796. The molecule has 0 bridgehead atoms. The van der Waals surface area contributed by atoms with Crippen LogP contribution in [0.5, 0.6) is 0 Å². The van der Waals surface area contributed by atoms with Crippen LogP contribution >= 0.6 is 12.4 Å². The van der Waals surface area contributed by atoms with Gasteiger partial charge in [0.2, 0.25) is 0 Å². The number of Topliss-reactive ketones (excluding diaryl/α,β-unsaturated/α-hetero) is 1. The summed E-state index contributed by atoms with van der Waals surface area (Å²) in [6, 6.07) is 0. The second kappa shape index (κ2) is 5.11. The number of hydrogen-bond acceptors (Lipinski definition) is 3. The number of halogens is 1. The number of carboxylic acid groups (broad SMARTS) is 1. The zero-order valence-electron chi connectivity index (χ0n) is 7.16. The fourth-order valence-corrected chi connectivity index (χ4v) is 0.796. The molecule has 0 aromatic carbocycles. The summed E-state index contributed by atoms with van der Waals surface area (Å²) >= 11 is 0. The largest absolute Gasteiger partial charge is 0.480 e. The summed E-state index contributed by atoms with van der Waals surface area (Å²) in [4.78, 5) is 21.1. The normalized spacial score (nSPS) is 14.2. The molecule has 12 heavy (non-hydrogen) atoms. The number of carbonyl (C=O) groups excluding carboxylic acids is 1. The van der Waals surface area contributed by atoms with Gasteiger partial charge in [0, 0.05) is 6.42 Å². The van der Waals surface area contributed by atoms with Crippen LogP contribution in [0.25, 0.3) is 0 Å². The molecule has 0 aromatic rings. The molecule has 0 rings (SSSR count). The topological polar surface area (TPSA) is 80.4 Å². The van der Waals surface area contributed by atoms with E-state index in [9.17, 15) is 9.59 Å². The summed E-state index contributed by atoms with van der Waals surface area (Å²) in [5.41, 5.74) is 4.05. The summed E-state index contributed by atoms with van der Waals surface area (Å²) in [7, 11) is 0. The Labute approximate surface area is 77.5 Å². The molecule has 0 saturated carbocycles. The fraction of sp³-hybridized carbons (Fsp3) is 0.714. The number of rotatable bonds is 4. The molecule has 0 aromatic heterocycles. The lowest BCUT2D eigenvalue weighted by Gasteiger charge is -2.20. The van der Waals surface area contributed by atoms with Gasteiger partial charge in [-0.25, -0.2) is 0 Å². The molecule has 4 nitrogen and oxygen atoms in total. The number of carboxylic acids is 1. The number of carbonyl (C=O) groups is 2. The minimum atomic E-state index is -1.37. The SMILES string of the molecule is CCC(N)(CC(C)=O)C(=O)O.Cl. The Hall–Kier alpha value is -0.610. The maximum absolute atomic E-state index is 10.6. The third-order valence-electron chi connectivity index (χ3n) is 1.62. The van der Waals surface area contributed by atoms with Crippen LogP contribution in [0.15, 0.2) is 0 Å². The van der Waals surface area contributed by atoms with Crippen molar-refractivity contribution in [2.24, 2.45) is 5.73 Å². The third kappa shape index (κ3) is 3.69. The van der Waals surface area contributed by atoms with E-state index in [2.05, 4.69) is 0 Å². The van der Waals surface area contributed by atoms with Gasteiger partial charge in [-0.2, -0.15) is 0 Å². The second-order valence-electron chi connectivity index (χ2n) is 2.69. The molecule has 5 heteroatoms. The quantitative estimate of drug-likeness (QED) is 0.688. The molecule has 0 heterocycles. The molecular weight excluding hydrogens is 182 g/mol. The van der Waals surface area contributed by atoms with Gasteiger partial charge in [-0.15, -0.1) is 12.4 Å². The van der Waals surface area contributed by atoms with E-state index in [1.54, 1.807) is 6.92 Å².